The molecule has 0 aromatic carbocycles. The Morgan fingerprint density at radius 3 is 2.62 bits per heavy atom. The van der Waals surface area contributed by atoms with Crippen LogP contribution in [0.1, 0.15) is 29.9 Å². The molecule has 0 saturated carbocycles. The van der Waals surface area contributed by atoms with Gasteiger partial charge in [-0.25, -0.2) is 0 Å². The van der Waals surface area contributed by atoms with Crippen molar-refractivity contribution in [3.05, 3.63) is 17.0 Å². The van der Waals surface area contributed by atoms with Crippen LogP contribution in [0.25, 0.3) is 0 Å². The van der Waals surface area contributed by atoms with Crippen molar-refractivity contribution in [2.75, 3.05) is 20.1 Å². The second-order valence-electron chi connectivity index (χ2n) is 4.70. The fourth-order valence-electron chi connectivity index (χ4n) is 2.35. The Balaban J connectivity index is 1.98. The number of hydrogen-bond donors (Lipinski definition) is 1. The molecule has 2 heterocycles. The molecule has 1 aromatic heterocycles. The van der Waals surface area contributed by atoms with Crippen LogP contribution in [0.4, 0.5) is 0 Å². The third-order valence-electron chi connectivity index (χ3n) is 3.52. The lowest BCUT2D eigenvalue weighted by molar-refractivity contribution is 0.190. The molecule has 1 fully saturated rings. The van der Waals surface area contributed by atoms with Gasteiger partial charge in [0.25, 0.3) is 0 Å². The molecule has 4 heteroatoms. The van der Waals surface area contributed by atoms with Crippen LogP contribution in [0.15, 0.2) is 4.52 Å². The number of aryl methyl sites for hydroxylation is 2. The quantitative estimate of drug-likeness (QED) is 0.842. The van der Waals surface area contributed by atoms with Gasteiger partial charge in [0, 0.05) is 18.2 Å². The minimum atomic E-state index is 0.690. The number of piperidine rings is 1. The summed E-state index contributed by atoms with van der Waals surface area (Å²) in [6, 6.07) is 0.690. The summed E-state index contributed by atoms with van der Waals surface area (Å²) in [4.78, 5) is 2.42. The third-order valence-corrected chi connectivity index (χ3v) is 3.52. The zero-order valence-electron chi connectivity index (χ0n) is 10.4. The highest BCUT2D eigenvalue weighted by Gasteiger charge is 2.20. The fourth-order valence-corrected chi connectivity index (χ4v) is 2.35. The topological polar surface area (TPSA) is 41.3 Å². The van der Waals surface area contributed by atoms with Crippen LogP contribution >= 0.6 is 0 Å². The largest absolute Gasteiger partial charge is 0.361 e. The van der Waals surface area contributed by atoms with Crippen molar-refractivity contribution in [2.24, 2.45) is 0 Å². The highest BCUT2D eigenvalue weighted by atomic mass is 16.5. The van der Waals surface area contributed by atoms with E-state index in [0.717, 1.165) is 31.1 Å². The van der Waals surface area contributed by atoms with E-state index in [-0.39, 0.29) is 0 Å². The predicted octanol–water partition coefficient (Wildman–Crippen LogP) is 1.48. The molecule has 2 rings (SSSR count). The van der Waals surface area contributed by atoms with Crippen LogP contribution in [-0.4, -0.2) is 36.2 Å². The first-order valence-corrected chi connectivity index (χ1v) is 6.01. The van der Waals surface area contributed by atoms with E-state index in [4.69, 9.17) is 4.52 Å². The van der Waals surface area contributed by atoms with E-state index in [9.17, 15) is 0 Å². The monoisotopic (exact) mass is 223 g/mol. The zero-order valence-corrected chi connectivity index (χ0v) is 10.4. The summed E-state index contributed by atoms with van der Waals surface area (Å²) in [6.07, 6.45) is 2.47. The van der Waals surface area contributed by atoms with Crippen LogP contribution < -0.4 is 5.32 Å². The van der Waals surface area contributed by atoms with Crippen LogP contribution in [0.3, 0.4) is 0 Å². The van der Waals surface area contributed by atoms with Crippen LogP contribution in [0.2, 0.25) is 0 Å². The van der Waals surface area contributed by atoms with Gasteiger partial charge in [0.1, 0.15) is 5.76 Å². The Bertz CT molecular complexity index is 323. The summed E-state index contributed by atoms with van der Waals surface area (Å²) in [7, 11) is 2.20. The van der Waals surface area contributed by atoms with Crippen LogP contribution in [0.5, 0.6) is 0 Å². The maximum absolute atomic E-state index is 5.19. The van der Waals surface area contributed by atoms with Gasteiger partial charge in [0.05, 0.1) is 5.69 Å². The van der Waals surface area contributed by atoms with Crippen molar-refractivity contribution in [3.63, 3.8) is 0 Å². The SMILES string of the molecule is Cc1noc(C)c1CN(C)C1CCNCC1. The lowest BCUT2D eigenvalue weighted by atomic mass is 10.0. The molecular weight excluding hydrogens is 202 g/mol. The molecule has 4 nitrogen and oxygen atoms in total. The fraction of sp³-hybridized carbons (Fsp3) is 0.750. The molecule has 0 radical (unpaired) electrons. The highest BCUT2D eigenvalue weighted by Crippen LogP contribution is 2.18. The van der Waals surface area contributed by atoms with Crippen molar-refractivity contribution in [1.29, 1.82) is 0 Å². The normalized spacial score (nSPS) is 18.2. The van der Waals surface area contributed by atoms with Crippen molar-refractivity contribution in [1.82, 2.24) is 15.4 Å². The molecule has 0 spiro atoms. The smallest absolute Gasteiger partial charge is 0.138 e. The molecular formula is C12H21N3O. The summed E-state index contributed by atoms with van der Waals surface area (Å²) >= 11 is 0. The zero-order chi connectivity index (χ0) is 11.5. The Morgan fingerprint density at radius 2 is 2.06 bits per heavy atom. The Hall–Kier alpha value is -0.870. The minimum absolute atomic E-state index is 0.690. The predicted molar refractivity (Wildman–Crippen MR) is 63.3 cm³/mol. The summed E-state index contributed by atoms with van der Waals surface area (Å²) < 4.78 is 5.19. The van der Waals surface area contributed by atoms with Gasteiger partial charge in [0.2, 0.25) is 0 Å². The standard InChI is InChI=1S/C12H21N3O/c1-9-12(10(2)16-14-9)8-15(3)11-4-6-13-7-5-11/h11,13H,4-8H2,1-3H3. The summed E-state index contributed by atoms with van der Waals surface area (Å²) in [5.74, 6) is 0.957. The average molecular weight is 223 g/mol. The summed E-state index contributed by atoms with van der Waals surface area (Å²) in [6.45, 7) is 7.23. The molecule has 0 unspecified atom stereocenters. The number of nitrogens with zero attached hydrogens (tertiary/aromatic N) is 2. The first-order chi connectivity index (χ1) is 7.68. The summed E-state index contributed by atoms with van der Waals surface area (Å²) in [5.41, 5.74) is 2.28. The van der Waals surface area contributed by atoms with Gasteiger partial charge in [-0.15, -0.1) is 0 Å². The van der Waals surface area contributed by atoms with E-state index in [0.29, 0.717) is 6.04 Å². The van der Waals surface area contributed by atoms with Gasteiger partial charge in [-0.1, -0.05) is 5.16 Å². The molecule has 0 amide bonds. The maximum Gasteiger partial charge on any atom is 0.138 e. The molecule has 0 atom stereocenters. The average Bonchev–Trinajstić information content (AvgIpc) is 2.62. The molecule has 16 heavy (non-hydrogen) atoms. The van der Waals surface area contributed by atoms with E-state index >= 15 is 0 Å². The lowest BCUT2D eigenvalue weighted by Crippen LogP contribution is -2.40. The van der Waals surface area contributed by atoms with Gasteiger partial charge in [0.15, 0.2) is 0 Å². The Labute approximate surface area is 97.0 Å². The summed E-state index contributed by atoms with van der Waals surface area (Å²) in [5, 5.41) is 7.39. The molecule has 0 aliphatic carbocycles. The van der Waals surface area contributed by atoms with E-state index in [1.54, 1.807) is 0 Å². The van der Waals surface area contributed by atoms with Gasteiger partial charge in [-0.3, -0.25) is 4.90 Å². The van der Waals surface area contributed by atoms with Crippen LogP contribution in [0, 0.1) is 13.8 Å². The van der Waals surface area contributed by atoms with E-state index in [2.05, 4.69) is 22.4 Å². The molecule has 1 aliphatic rings. The second-order valence-corrected chi connectivity index (χ2v) is 4.70. The van der Waals surface area contributed by atoms with E-state index < -0.39 is 0 Å². The number of nitrogens with one attached hydrogen (secondary N) is 1. The lowest BCUT2D eigenvalue weighted by Gasteiger charge is -2.31. The molecule has 90 valence electrons. The van der Waals surface area contributed by atoms with Gasteiger partial charge < -0.3 is 9.84 Å². The van der Waals surface area contributed by atoms with Crippen molar-refractivity contribution in [2.45, 2.75) is 39.3 Å². The molecule has 1 saturated heterocycles. The number of rotatable bonds is 3. The maximum atomic E-state index is 5.19. The number of hydrogen-bond acceptors (Lipinski definition) is 4. The van der Waals surface area contributed by atoms with Gasteiger partial charge >= 0.3 is 0 Å². The first kappa shape index (κ1) is 11.6. The van der Waals surface area contributed by atoms with E-state index in [1.165, 1.54) is 18.4 Å². The van der Waals surface area contributed by atoms with E-state index in [1.807, 2.05) is 13.8 Å². The van der Waals surface area contributed by atoms with Crippen molar-refractivity contribution >= 4 is 0 Å². The Morgan fingerprint density at radius 1 is 1.38 bits per heavy atom. The molecule has 1 aromatic rings. The van der Waals surface area contributed by atoms with Crippen molar-refractivity contribution in [3.8, 4) is 0 Å². The molecule has 0 bridgehead atoms. The highest BCUT2D eigenvalue weighted by molar-refractivity contribution is 5.20. The minimum Gasteiger partial charge on any atom is -0.361 e. The second kappa shape index (κ2) is 4.97. The van der Waals surface area contributed by atoms with Crippen LogP contribution in [-0.2, 0) is 6.54 Å². The molecule has 1 aliphatic heterocycles. The molecule has 1 N–H and O–H groups in total. The number of aromatic nitrogens is 1. The third kappa shape index (κ3) is 2.44. The first-order valence-electron chi connectivity index (χ1n) is 6.01. The Kier molecular flexibility index (Phi) is 3.61. The van der Waals surface area contributed by atoms with Crippen molar-refractivity contribution < 1.29 is 4.52 Å². The van der Waals surface area contributed by atoms with Gasteiger partial charge in [-0.2, -0.15) is 0 Å². The van der Waals surface area contributed by atoms with Gasteiger partial charge in [-0.05, 0) is 46.8 Å².